The molecule has 0 saturated heterocycles. The number of benzene rings is 5. The average molecular weight is 1050 g/mol. The number of hydrogen-bond acceptors (Lipinski definition) is 8. The first-order valence-electron chi connectivity index (χ1n) is 14.5. The van der Waals surface area contributed by atoms with Gasteiger partial charge in [-0.05, 0) is 140 Å². The monoisotopic (exact) mass is 1050 g/mol. The lowest BCUT2D eigenvalue weighted by atomic mass is 10.2. The molecule has 51 heavy (non-hydrogen) atoms. The van der Waals surface area contributed by atoms with E-state index in [-0.39, 0.29) is 5.91 Å². The fraction of sp³-hybridized carbons (Fsp3) is 0.108. The van der Waals surface area contributed by atoms with Crippen LogP contribution in [0.4, 0.5) is 11.4 Å². The lowest BCUT2D eigenvalue weighted by Gasteiger charge is -2.11. The highest BCUT2D eigenvalue weighted by Gasteiger charge is 2.11. The molecular weight excluding hydrogens is 1020 g/mol. The summed E-state index contributed by atoms with van der Waals surface area (Å²) in [5.74, 6) is 1.54. The lowest BCUT2D eigenvalue weighted by Crippen LogP contribution is -2.13. The number of methoxy groups -OCH3 is 4. The largest absolute Gasteiger partial charge is 0.493 e. The molecule has 1 amide bonds. The topological polar surface area (TPSA) is 146 Å². The molecule has 0 aliphatic heterocycles. The second-order valence-corrected chi connectivity index (χ2v) is 13.5. The van der Waals surface area contributed by atoms with Crippen LogP contribution in [0.3, 0.4) is 0 Å². The first-order chi connectivity index (χ1) is 24.4. The van der Waals surface area contributed by atoms with Crippen molar-refractivity contribution in [1.82, 2.24) is 0 Å². The molecule has 268 valence electrons. The summed E-state index contributed by atoms with van der Waals surface area (Å²) in [7, 11) is 6.30. The minimum absolute atomic E-state index is 0.151. The summed E-state index contributed by atoms with van der Waals surface area (Å²) in [6.45, 7) is 0. The van der Waals surface area contributed by atoms with Crippen LogP contribution in [0.15, 0.2) is 109 Å². The van der Waals surface area contributed by atoms with Gasteiger partial charge < -0.3 is 35.1 Å². The second-order valence-electron chi connectivity index (χ2n) is 9.66. The van der Waals surface area contributed by atoms with Gasteiger partial charge in [0.25, 0.3) is 11.1 Å². The quantitative estimate of drug-likeness (QED) is 0.0786. The maximum absolute atomic E-state index is 12.2. The van der Waals surface area contributed by atoms with Gasteiger partial charge in [0.05, 0.1) is 39.6 Å². The summed E-state index contributed by atoms with van der Waals surface area (Å²) in [6, 6.07) is 32.0. The number of carboxylic acids is 1. The molecule has 4 N–H and O–H groups in total. The average Bonchev–Trinajstić information content (AvgIpc) is 3.12. The minimum atomic E-state index is -0.870. The number of anilines is 2. The van der Waals surface area contributed by atoms with E-state index in [1.807, 2.05) is 59.0 Å². The van der Waals surface area contributed by atoms with Gasteiger partial charge in [0.15, 0.2) is 23.0 Å². The summed E-state index contributed by atoms with van der Waals surface area (Å²) < 4.78 is 23.0. The van der Waals surface area contributed by atoms with Crippen molar-refractivity contribution < 1.29 is 38.4 Å². The number of carbonyl (C=O) groups excluding carboxylic acids is 2. The summed E-state index contributed by atoms with van der Waals surface area (Å²) >= 11 is 11.5. The maximum Gasteiger partial charge on any atom is 0.336 e. The molecule has 0 aliphatic carbocycles. The Labute approximate surface area is 342 Å². The van der Waals surface area contributed by atoms with Crippen molar-refractivity contribution in [1.29, 1.82) is 0 Å². The van der Waals surface area contributed by atoms with Crippen molar-refractivity contribution in [2.45, 2.75) is 0 Å². The Bertz CT molecular complexity index is 1870. The zero-order valence-corrected chi connectivity index (χ0v) is 35.0. The van der Waals surface area contributed by atoms with Gasteiger partial charge in [0.1, 0.15) is 0 Å². The number of rotatable bonds is 8. The number of hydrogen-bond donors (Lipinski definition) is 3. The third kappa shape index (κ3) is 14.4. The van der Waals surface area contributed by atoms with Gasteiger partial charge >= 0.3 is 5.97 Å². The Hall–Kier alpha value is -3.81. The number of amides is 1. The number of ether oxygens (including phenoxy) is 4. The Balaban J connectivity index is 0.000000250. The smallest absolute Gasteiger partial charge is 0.336 e. The van der Waals surface area contributed by atoms with Crippen molar-refractivity contribution >= 4 is 108 Å². The molecule has 0 fully saturated rings. The summed E-state index contributed by atoms with van der Waals surface area (Å²) in [5.41, 5.74) is 8.43. The Morgan fingerprint density at radius 3 is 1.39 bits per heavy atom. The fourth-order valence-corrected chi connectivity index (χ4v) is 6.07. The molecule has 14 heteroatoms. The van der Waals surface area contributed by atoms with Gasteiger partial charge in [-0.15, -0.1) is 0 Å². The third-order valence-corrected chi connectivity index (χ3v) is 9.38. The second kappa shape index (κ2) is 22.9. The zero-order chi connectivity index (χ0) is 37.9. The van der Waals surface area contributed by atoms with Gasteiger partial charge in [0, 0.05) is 39.8 Å². The van der Waals surface area contributed by atoms with E-state index < -0.39 is 11.2 Å². The van der Waals surface area contributed by atoms with Crippen LogP contribution in [0.1, 0.15) is 31.1 Å². The van der Waals surface area contributed by atoms with Crippen LogP contribution in [0, 0.1) is 10.7 Å². The molecule has 0 atom stereocenters. The van der Waals surface area contributed by atoms with Crippen LogP contribution in [0.25, 0.3) is 0 Å². The van der Waals surface area contributed by atoms with Gasteiger partial charge in [0.2, 0.25) is 0 Å². The number of carboxylic acid groups (broad SMARTS) is 1. The first kappa shape index (κ1) is 43.4. The van der Waals surface area contributed by atoms with Gasteiger partial charge in [-0.25, -0.2) is 4.79 Å². The van der Waals surface area contributed by atoms with Crippen molar-refractivity contribution in [3.63, 3.8) is 0 Å². The van der Waals surface area contributed by atoms with E-state index in [0.29, 0.717) is 51.1 Å². The highest BCUT2D eigenvalue weighted by Crippen LogP contribution is 2.30. The van der Waals surface area contributed by atoms with E-state index in [1.54, 1.807) is 101 Å². The van der Waals surface area contributed by atoms with Crippen LogP contribution in [-0.4, -0.2) is 50.7 Å². The van der Waals surface area contributed by atoms with Gasteiger partial charge in [-0.2, -0.15) is 0 Å². The molecule has 0 aliphatic rings. The molecular formula is C37H34ClI3N2O8. The molecule has 0 saturated carbocycles. The minimum Gasteiger partial charge on any atom is -0.493 e. The van der Waals surface area contributed by atoms with E-state index in [2.05, 4.69) is 50.5 Å². The SMILES string of the molecule is COc1ccc(N)cc1OC.COc1ccc(NC(=O)c2ccccc2I)cc1OC.O=C(Cl)c1ccccc1I.O=C(O)c1ccccc1I. The van der Waals surface area contributed by atoms with E-state index in [9.17, 15) is 14.4 Å². The molecule has 5 aromatic rings. The Morgan fingerprint density at radius 2 is 1.00 bits per heavy atom. The van der Waals surface area contributed by atoms with Crippen molar-refractivity contribution in [3.8, 4) is 23.0 Å². The van der Waals surface area contributed by atoms with Crippen LogP contribution >= 0.6 is 79.4 Å². The molecule has 0 heterocycles. The number of nitrogen functional groups attached to an aromatic ring is 1. The van der Waals surface area contributed by atoms with E-state index in [0.717, 1.165) is 10.7 Å². The highest BCUT2D eigenvalue weighted by atomic mass is 127. The molecule has 0 unspecified atom stereocenters. The van der Waals surface area contributed by atoms with Crippen LogP contribution < -0.4 is 30.0 Å². The molecule has 0 spiro atoms. The van der Waals surface area contributed by atoms with Gasteiger partial charge in [-0.3, -0.25) is 9.59 Å². The summed E-state index contributed by atoms with van der Waals surface area (Å²) in [5, 5.41) is 11.0. The van der Waals surface area contributed by atoms with Crippen LogP contribution in [0.5, 0.6) is 23.0 Å². The van der Waals surface area contributed by atoms with Crippen molar-refractivity contribution in [3.05, 3.63) is 137 Å². The summed E-state index contributed by atoms with van der Waals surface area (Å²) in [6.07, 6.45) is 0. The number of nitrogens with one attached hydrogen (secondary N) is 1. The number of halogens is 4. The lowest BCUT2D eigenvalue weighted by molar-refractivity contribution is 0.0695. The standard InChI is InChI=1S/C15H14INO3.C8H11NO2.C7H4ClIO.C7H5IO2/c1-19-13-8-7-10(9-14(13)20-2)17-15(18)11-5-3-4-6-12(11)16;1-10-7-4-3-6(9)5-8(7)11-2;8-7(10)5-3-1-2-4-6(5)9;8-6-4-2-1-3-5(6)7(9)10/h3-9H,1-2H3,(H,17,18);3-5H,9H2,1-2H3;1-4H;1-4H,(H,9,10). The number of aromatic carboxylic acids is 1. The first-order valence-corrected chi connectivity index (χ1v) is 18.2. The van der Waals surface area contributed by atoms with Crippen LogP contribution in [-0.2, 0) is 0 Å². The predicted molar refractivity (Wildman–Crippen MR) is 226 cm³/mol. The maximum atomic E-state index is 12.2. The van der Waals surface area contributed by atoms with Gasteiger partial charge in [-0.1, -0.05) is 36.4 Å². The van der Waals surface area contributed by atoms with E-state index >= 15 is 0 Å². The van der Waals surface area contributed by atoms with E-state index in [4.69, 9.17) is 41.4 Å². The zero-order valence-electron chi connectivity index (χ0n) is 27.8. The van der Waals surface area contributed by atoms with Crippen molar-refractivity contribution in [2.24, 2.45) is 0 Å². The van der Waals surface area contributed by atoms with Crippen molar-refractivity contribution in [2.75, 3.05) is 39.5 Å². The fourth-order valence-electron chi connectivity index (χ4n) is 3.87. The highest BCUT2D eigenvalue weighted by molar-refractivity contribution is 14.1. The number of nitrogens with two attached hydrogens (primary N) is 1. The number of carbonyl (C=O) groups is 3. The molecule has 0 bridgehead atoms. The molecule has 0 radical (unpaired) electrons. The van der Waals surface area contributed by atoms with E-state index in [1.165, 1.54) is 0 Å². The molecule has 5 aromatic carbocycles. The Kier molecular flexibility index (Phi) is 19.5. The molecule has 10 nitrogen and oxygen atoms in total. The molecule has 5 rings (SSSR count). The van der Waals surface area contributed by atoms with Crippen LogP contribution in [0.2, 0.25) is 0 Å². The normalized spacial score (nSPS) is 9.57. The predicted octanol–water partition coefficient (Wildman–Crippen LogP) is 9.51. The summed E-state index contributed by atoms with van der Waals surface area (Å²) in [4.78, 5) is 33.2. The third-order valence-electron chi connectivity index (χ3n) is 6.36. The Morgan fingerprint density at radius 1 is 0.588 bits per heavy atom. The molecule has 0 aromatic heterocycles.